The van der Waals surface area contributed by atoms with Crippen LogP contribution in [0, 0.1) is 0 Å². The monoisotopic (exact) mass is 342 g/mol. The quantitative estimate of drug-likeness (QED) is 0.799. The number of hydrogen-bond donors (Lipinski definition) is 2. The highest BCUT2D eigenvalue weighted by Crippen LogP contribution is 2.20. The Balaban J connectivity index is 2.18. The van der Waals surface area contributed by atoms with Crippen LogP contribution < -0.4 is 4.72 Å². The third-order valence-electron chi connectivity index (χ3n) is 3.28. The molecule has 1 amide bonds. The molecule has 1 fully saturated rings. The molecule has 0 aromatic heterocycles. The fourth-order valence-corrected chi connectivity index (χ4v) is 2.93. The number of morpholine rings is 1. The summed E-state index contributed by atoms with van der Waals surface area (Å²) < 4.78 is 30.4. The number of rotatable bonds is 5. The third-order valence-corrected chi connectivity index (χ3v) is 3.87. The second kappa shape index (κ2) is 6.97. The Kier molecular flexibility index (Phi) is 5.22. The number of sulfonamides is 1. The number of para-hydroxylation sites is 1. The summed E-state index contributed by atoms with van der Waals surface area (Å²) in [5, 5.41) is 8.82. The van der Waals surface area contributed by atoms with Gasteiger partial charge >= 0.3 is 5.97 Å². The predicted octanol–water partition coefficient (Wildman–Crippen LogP) is 0.374. The molecule has 1 saturated heterocycles. The van der Waals surface area contributed by atoms with Crippen molar-refractivity contribution in [2.24, 2.45) is 0 Å². The molecule has 1 heterocycles. The average Bonchev–Trinajstić information content (AvgIpc) is 2.45. The van der Waals surface area contributed by atoms with Crippen LogP contribution in [0.1, 0.15) is 16.8 Å². The van der Waals surface area contributed by atoms with Crippen LogP contribution >= 0.6 is 0 Å². The van der Waals surface area contributed by atoms with Gasteiger partial charge in [-0.1, -0.05) is 12.1 Å². The van der Waals surface area contributed by atoms with Crippen molar-refractivity contribution in [1.29, 1.82) is 0 Å². The minimum Gasteiger partial charge on any atom is -0.481 e. The average molecular weight is 342 g/mol. The van der Waals surface area contributed by atoms with Gasteiger partial charge in [0.05, 0.1) is 36.6 Å². The van der Waals surface area contributed by atoms with Crippen LogP contribution in [0.25, 0.3) is 0 Å². The number of aliphatic carboxylic acids is 1. The van der Waals surface area contributed by atoms with Gasteiger partial charge in [0.25, 0.3) is 5.91 Å². The Morgan fingerprint density at radius 2 is 2.09 bits per heavy atom. The van der Waals surface area contributed by atoms with E-state index in [0.717, 1.165) is 6.26 Å². The Hall–Kier alpha value is -2.13. The van der Waals surface area contributed by atoms with Gasteiger partial charge < -0.3 is 14.7 Å². The third kappa shape index (κ3) is 4.93. The minimum atomic E-state index is -3.51. The summed E-state index contributed by atoms with van der Waals surface area (Å²) in [6, 6.07) is 6.29. The lowest BCUT2D eigenvalue weighted by Gasteiger charge is -2.32. The van der Waals surface area contributed by atoms with Gasteiger partial charge in [-0.3, -0.25) is 14.3 Å². The number of nitrogens with zero attached hydrogens (tertiary/aromatic N) is 1. The molecule has 1 aromatic carbocycles. The number of carboxylic acid groups (broad SMARTS) is 1. The highest BCUT2D eigenvalue weighted by atomic mass is 32.2. The van der Waals surface area contributed by atoms with Crippen molar-refractivity contribution >= 4 is 27.6 Å². The molecule has 2 N–H and O–H groups in total. The van der Waals surface area contributed by atoms with Gasteiger partial charge in [-0.15, -0.1) is 0 Å². The minimum absolute atomic E-state index is 0.151. The molecule has 0 bridgehead atoms. The molecule has 8 nitrogen and oxygen atoms in total. The van der Waals surface area contributed by atoms with E-state index in [4.69, 9.17) is 9.84 Å². The van der Waals surface area contributed by atoms with Crippen molar-refractivity contribution in [2.75, 3.05) is 30.7 Å². The first-order chi connectivity index (χ1) is 10.8. The van der Waals surface area contributed by atoms with Crippen LogP contribution in [0.2, 0.25) is 0 Å². The topological polar surface area (TPSA) is 113 Å². The summed E-state index contributed by atoms with van der Waals surface area (Å²) in [7, 11) is -3.51. The maximum Gasteiger partial charge on any atom is 0.306 e. The molecule has 9 heteroatoms. The first kappa shape index (κ1) is 17.2. The fourth-order valence-electron chi connectivity index (χ4n) is 2.35. The number of amides is 1. The standard InChI is InChI=1S/C14H18N2O6S/c1-23(20,21)15-12-5-3-2-4-11(12)14(19)16-6-7-22-10(9-16)8-13(17)18/h2-5,10,15H,6-9H2,1H3,(H,17,18). The lowest BCUT2D eigenvalue weighted by atomic mass is 10.1. The molecule has 0 saturated carbocycles. The van der Waals surface area contributed by atoms with Crippen molar-refractivity contribution in [2.45, 2.75) is 12.5 Å². The first-order valence-electron chi connectivity index (χ1n) is 6.96. The molecule has 1 aromatic rings. The Morgan fingerprint density at radius 3 is 2.74 bits per heavy atom. The van der Waals surface area contributed by atoms with Crippen LogP contribution in [0.5, 0.6) is 0 Å². The second-order valence-electron chi connectivity index (χ2n) is 5.26. The lowest BCUT2D eigenvalue weighted by molar-refractivity contribution is -0.141. The number of benzene rings is 1. The number of anilines is 1. The van der Waals surface area contributed by atoms with Gasteiger partial charge in [0, 0.05) is 13.1 Å². The van der Waals surface area contributed by atoms with E-state index in [9.17, 15) is 18.0 Å². The maximum absolute atomic E-state index is 12.6. The summed E-state index contributed by atoms with van der Waals surface area (Å²) in [4.78, 5) is 24.9. The summed E-state index contributed by atoms with van der Waals surface area (Å²) in [6.07, 6.45) is 0.249. The van der Waals surface area contributed by atoms with Crippen molar-refractivity contribution in [3.63, 3.8) is 0 Å². The smallest absolute Gasteiger partial charge is 0.306 e. The van der Waals surface area contributed by atoms with Crippen molar-refractivity contribution < 1.29 is 27.9 Å². The molecular formula is C14H18N2O6S. The van der Waals surface area contributed by atoms with Gasteiger partial charge in [-0.25, -0.2) is 8.42 Å². The number of carbonyl (C=O) groups excluding carboxylic acids is 1. The summed E-state index contributed by atoms with van der Waals surface area (Å²) in [5.74, 6) is -1.36. The Bertz CT molecular complexity index is 703. The fraction of sp³-hybridized carbons (Fsp3) is 0.429. The summed E-state index contributed by atoms with van der Waals surface area (Å²) >= 11 is 0. The predicted molar refractivity (Wildman–Crippen MR) is 82.8 cm³/mol. The van der Waals surface area contributed by atoms with Crippen molar-refractivity contribution in [3.05, 3.63) is 29.8 Å². The number of nitrogens with one attached hydrogen (secondary N) is 1. The first-order valence-corrected chi connectivity index (χ1v) is 8.85. The van der Waals surface area contributed by atoms with E-state index in [1.165, 1.54) is 17.0 Å². The van der Waals surface area contributed by atoms with Crippen LogP contribution in [-0.4, -0.2) is 62.4 Å². The number of ether oxygens (including phenoxy) is 1. The number of carbonyl (C=O) groups is 2. The molecule has 0 radical (unpaired) electrons. The van der Waals surface area contributed by atoms with Crippen molar-refractivity contribution in [3.8, 4) is 0 Å². The van der Waals surface area contributed by atoms with E-state index in [-0.39, 0.29) is 36.7 Å². The molecule has 1 aliphatic heterocycles. The zero-order chi connectivity index (χ0) is 17.0. The van der Waals surface area contributed by atoms with Crippen LogP contribution in [-0.2, 0) is 19.6 Å². The lowest BCUT2D eigenvalue weighted by Crippen LogP contribution is -2.46. The van der Waals surface area contributed by atoms with Crippen LogP contribution in [0.4, 0.5) is 5.69 Å². The Morgan fingerprint density at radius 1 is 1.39 bits per heavy atom. The van der Waals surface area contributed by atoms with Gasteiger partial charge in [0.2, 0.25) is 10.0 Å². The number of carboxylic acids is 1. The molecule has 23 heavy (non-hydrogen) atoms. The van der Waals surface area contributed by atoms with Gasteiger partial charge in [0.1, 0.15) is 0 Å². The molecule has 0 spiro atoms. The SMILES string of the molecule is CS(=O)(=O)Nc1ccccc1C(=O)N1CCOC(CC(=O)O)C1. The highest BCUT2D eigenvalue weighted by Gasteiger charge is 2.28. The summed E-state index contributed by atoms with van der Waals surface area (Å²) in [6.45, 7) is 0.714. The van der Waals surface area contributed by atoms with Gasteiger partial charge in [-0.05, 0) is 12.1 Å². The molecule has 0 aliphatic carbocycles. The van der Waals surface area contributed by atoms with E-state index in [1.807, 2.05) is 0 Å². The highest BCUT2D eigenvalue weighted by molar-refractivity contribution is 7.92. The molecule has 2 rings (SSSR count). The van der Waals surface area contributed by atoms with E-state index in [2.05, 4.69) is 4.72 Å². The zero-order valence-corrected chi connectivity index (χ0v) is 13.4. The van der Waals surface area contributed by atoms with E-state index < -0.39 is 22.1 Å². The molecule has 126 valence electrons. The van der Waals surface area contributed by atoms with Crippen LogP contribution in [0.15, 0.2) is 24.3 Å². The van der Waals surface area contributed by atoms with E-state index in [0.29, 0.717) is 6.54 Å². The van der Waals surface area contributed by atoms with Gasteiger partial charge in [-0.2, -0.15) is 0 Å². The largest absolute Gasteiger partial charge is 0.481 e. The van der Waals surface area contributed by atoms with E-state index >= 15 is 0 Å². The van der Waals surface area contributed by atoms with Crippen molar-refractivity contribution in [1.82, 2.24) is 4.90 Å². The van der Waals surface area contributed by atoms with Crippen LogP contribution in [0.3, 0.4) is 0 Å². The second-order valence-corrected chi connectivity index (χ2v) is 7.01. The number of hydrogen-bond acceptors (Lipinski definition) is 5. The molecular weight excluding hydrogens is 324 g/mol. The summed E-state index contributed by atoms with van der Waals surface area (Å²) in [5.41, 5.74) is 0.412. The molecule has 1 unspecified atom stereocenters. The normalized spacial score (nSPS) is 18.5. The maximum atomic E-state index is 12.6. The van der Waals surface area contributed by atoms with E-state index in [1.54, 1.807) is 12.1 Å². The zero-order valence-electron chi connectivity index (χ0n) is 12.6. The molecule has 1 aliphatic rings. The van der Waals surface area contributed by atoms with Gasteiger partial charge in [0.15, 0.2) is 0 Å². The molecule has 1 atom stereocenters. The Labute approximate surface area is 134 Å².